The molecule has 2 heterocycles. The number of nitrogens with one attached hydrogen (secondary N) is 1. The van der Waals surface area contributed by atoms with Crippen molar-refractivity contribution in [3.8, 4) is 17.1 Å². The van der Waals surface area contributed by atoms with E-state index < -0.39 is 0 Å². The zero-order valence-corrected chi connectivity index (χ0v) is 12.6. The van der Waals surface area contributed by atoms with Crippen molar-refractivity contribution < 1.29 is 0 Å². The Bertz CT molecular complexity index is 770. The third kappa shape index (κ3) is 2.57. The van der Waals surface area contributed by atoms with Crippen LogP contribution in [0.4, 0.5) is 5.82 Å². The molecule has 0 saturated carbocycles. The van der Waals surface area contributed by atoms with Crippen molar-refractivity contribution in [3.63, 3.8) is 0 Å². The van der Waals surface area contributed by atoms with Crippen molar-refractivity contribution in [2.45, 2.75) is 0 Å². The lowest BCUT2D eigenvalue weighted by Crippen LogP contribution is -2.02. The van der Waals surface area contributed by atoms with Crippen molar-refractivity contribution >= 4 is 29.0 Å². The highest BCUT2D eigenvalue weighted by atomic mass is 35.5. The maximum atomic E-state index is 6.27. The minimum absolute atomic E-state index is 0.443. The van der Waals surface area contributed by atoms with Crippen LogP contribution in [0.3, 0.4) is 0 Å². The van der Waals surface area contributed by atoms with Gasteiger partial charge in [0.1, 0.15) is 17.2 Å². The summed E-state index contributed by atoms with van der Waals surface area (Å²) in [6.45, 7) is 0. The smallest absolute Gasteiger partial charge is 0.145 e. The molecule has 0 spiro atoms. The standard InChI is InChI=1S/C14H11Cl2N5/c1-17-14-11(16)7-10(15)13(19-14)12-8-18-20-21(12)9-5-3-2-4-6-9/h2-8H,1H3,(H,17,19). The number of para-hydroxylation sites is 1. The van der Waals surface area contributed by atoms with Crippen LogP contribution in [0.1, 0.15) is 0 Å². The molecule has 0 atom stereocenters. The molecule has 0 aliphatic carbocycles. The fourth-order valence-electron chi connectivity index (χ4n) is 1.98. The predicted octanol–water partition coefficient (Wildman–Crippen LogP) is 3.68. The first-order valence-electron chi connectivity index (χ1n) is 6.21. The molecule has 0 saturated heterocycles. The van der Waals surface area contributed by atoms with E-state index >= 15 is 0 Å². The third-order valence-corrected chi connectivity index (χ3v) is 3.54. The molecule has 1 N–H and O–H groups in total. The molecule has 5 nitrogen and oxygen atoms in total. The molecule has 0 fully saturated rings. The zero-order valence-electron chi connectivity index (χ0n) is 11.1. The second-order valence-corrected chi connectivity index (χ2v) is 5.08. The Morgan fingerprint density at radius 2 is 1.86 bits per heavy atom. The molecule has 2 aromatic heterocycles. The van der Waals surface area contributed by atoms with Gasteiger partial charge in [0, 0.05) is 7.05 Å². The normalized spacial score (nSPS) is 10.6. The van der Waals surface area contributed by atoms with Crippen LogP contribution in [-0.4, -0.2) is 27.0 Å². The molecule has 0 aliphatic heterocycles. The number of anilines is 1. The number of halogens is 2. The number of hydrogen-bond acceptors (Lipinski definition) is 4. The molecular weight excluding hydrogens is 309 g/mol. The van der Waals surface area contributed by atoms with Crippen molar-refractivity contribution in [2.24, 2.45) is 0 Å². The average molecular weight is 320 g/mol. The van der Waals surface area contributed by atoms with Gasteiger partial charge in [-0.2, -0.15) is 0 Å². The summed E-state index contributed by atoms with van der Waals surface area (Å²) in [6, 6.07) is 11.3. The summed E-state index contributed by atoms with van der Waals surface area (Å²) < 4.78 is 1.68. The van der Waals surface area contributed by atoms with Gasteiger partial charge in [-0.1, -0.05) is 46.6 Å². The Kier molecular flexibility index (Phi) is 3.77. The van der Waals surface area contributed by atoms with Crippen LogP contribution in [0.15, 0.2) is 42.6 Å². The molecule has 3 aromatic rings. The lowest BCUT2D eigenvalue weighted by atomic mass is 10.2. The van der Waals surface area contributed by atoms with Crippen LogP contribution in [0, 0.1) is 0 Å². The summed E-state index contributed by atoms with van der Waals surface area (Å²) in [5, 5.41) is 11.9. The number of nitrogens with zero attached hydrogens (tertiary/aromatic N) is 4. The van der Waals surface area contributed by atoms with Gasteiger partial charge in [-0.05, 0) is 18.2 Å². The van der Waals surface area contributed by atoms with Crippen LogP contribution in [0.2, 0.25) is 10.0 Å². The molecule has 0 radical (unpaired) electrons. The fraction of sp³-hybridized carbons (Fsp3) is 0.0714. The van der Waals surface area contributed by atoms with Gasteiger partial charge in [0.25, 0.3) is 0 Å². The van der Waals surface area contributed by atoms with Crippen LogP contribution in [0.25, 0.3) is 17.1 Å². The lowest BCUT2D eigenvalue weighted by molar-refractivity contribution is 0.806. The van der Waals surface area contributed by atoms with Gasteiger partial charge in [-0.15, -0.1) is 5.10 Å². The van der Waals surface area contributed by atoms with Gasteiger partial charge in [0.2, 0.25) is 0 Å². The monoisotopic (exact) mass is 319 g/mol. The summed E-state index contributed by atoms with van der Waals surface area (Å²) >= 11 is 12.3. The Morgan fingerprint density at radius 3 is 2.57 bits per heavy atom. The maximum Gasteiger partial charge on any atom is 0.145 e. The topological polar surface area (TPSA) is 55.6 Å². The average Bonchev–Trinajstić information content (AvgIpc) is 2.97. The number of benzene rings is 1. The Labute approximate surface area is 131 Å². The quantitative estimate of drug-likeness (QED) is 0.800. The van der Waals surface area contributed by atoms with Crippen LogP contribution in [-0.2, 0) is 0 Å². The summed E-state index contributed by atoms with van der Waals surface area (Å²) in [5.41, 5.74) is 2.14. The molecule has 0 unspecified atom stereocenters. The van der Waals surface area contributed by atoms with E-state index in [2.05, 4.69) is 20.6 Å². The van der Waals surface area contributed by atoms with Crippen molar-refractivity contribution in [1.82, 2.24) is 20.0 Å². The first kappa shape index (κ1) is 13.9. The second-order valence-electron chi connectivity index (χ2n) is 4.27. The first-order valence-corrected chi connectivity index (χ1v) is 6.96. The van der Waals surface area contributed by atoms with Crippen LogP contribution >= 0.6 is 23.2 Å². The summed E-state index contributed by atoms with van der Waals surface area (Å²) in [5.74, 6) is 0.553. The van der Waals surface area contributed by atoms with Crippen LogP contribution < -0.4 is 5.32 Å². The second kappa shape index (κ2) is 5.71. The number of rotatable bonds is 3. The molecule has 3 rings (SSSR count). The van der Waals surface area contributed by atoms with E-state index in [1.54, 1.807) is 24.0 Å². The summed E-state index contributed by atoms with van der Waals surface area (Å²) in [4.78, 5) is 4.44. The van der Waals surface area contributed by atoms with E-state index in [4.69, 9.17) is 23.2 Å². The van der Waals surface area contributed by atoms with E-state index in [1.807, 2.05) is 30.3 Å². The van der Waals surface area contributed by atoms with E-state index in [0.29, 0.717) is 27.3 Å². The van der Waals surface area contributed by atoms with E-state index in [1.165, 1.54) is 0 Å². The summed E-state index contributed by atoms with van der Waals surface area (Å²) in [6.07, 6.45) is 1.62. The Balaban J connectivity index is 2.17. The highest BCUT2D eigenvalue weighted by Crippen LogP contribution is 2.32. The predicted molar refractivity (Wildman–Crippen MR) is 84.2 cm³/mol. The highest BCUT2D eigenvalue weighted by Gasteiger charge is 2.16. The SMILES string of the molecule is CNc1nc(-c2cnnn2-c2ccccc2)c(Cl)cc1Cl. The molecule has 7 heteroatoms. The van der Waals surface area contributed by atoms with E-state index in [9.17, 15) is 0 Å². The molecule has 0 aliphatic rings. The zero-order chi connectivity index (χ0) is 14.8. The van der Waals surface area contributed by atoms with Gasteiger partial charge >= 0.3 is 0 Å². The maximum absolute atomic E-state index is 6.27. The van der Waals surface area contributed by atoms with E-state index in [-0.39, 0.29) is 0 Å². The molecule has 21 heavy (non-hydrogen) atoms. The van der Waals surface area contributed by atoms with Crippen molar-refractivity contribution in [1.29, 1.82) is 0 Å². The van der Waals surface area contributed by atoms with E-state index in [0.717, 1.165) is 5.69 Å². The molecular formula is C14H11Cl2N5. The molecule has 1 aromatic carbocycles. The lowest BCUT2D eigenvalue weighted by Gasteiger charge is -2.10. The van der Waals surface area contributed by atoms with Gasteiger partial charge in [-0.25, -0.2) is 9.67 Å². The van der Waals surface area contributed by atoms with Gasteiger partial charge in [-0.3, -0.25) is 0 Å². The van der Waals surface area contributed by atoms with Crippen molar-refractivity contribution in [2.75, 3.05) is 12.4 Å². The fourth-order valence-corrected chi connectivity index (χ4v) is 2.53. The number of hydrogen-bond donors (Lipinski definition) is 1. The number of aromatic nitrogens is 4. The number of pyridine rings is 1. The summed E-state index contributed by atoms with van der Waals surface area (Å²) in [7, 11) is 1.75. The first-order chi connectivity index (χ1) is 10.2. The van der Waals surface area contributed by atoms with Gasteiger partial charge in [0.05, 0.1) is 21.9 Å². The van der Waals surface area contributed by atoms with Gasteiger partial charge < -0.3 is 5.32 Å². The third-order valence-electron chi connectivity index (χ3n) is 2.96. The Hall–Kier alpha value is -2.11. The molecule has 0 bridgehead atoms. The minimum atomic E-state index is 0.443. The molecule has 0 amide bonds. The van der Waals surface area contributed by atoms with Gasteiger partial charge in [0.15, 0.2) is 0 Å². The highest BCUT2D eigenvalue weighted by molar-refractivity contribution is 6.37. The Morgan fingerprint density at radius 1 is 1.10 bits per heavy atom. The van der Waals surface area contributed by atoms with Crippen molar-refractivity contribution in [3.05, 3.63) is 52.6 Å². The minimum Gasteiger partial charge on any atom is -0.372 e. The van der Waals surface area contributed by atoms with Crippen LogP contribution in [0.5, 0.6) is 0 Å². The molecule has 106 valence electrons. The largest absolute Gasteiger partial charge is 0.372 e.